The molecular weight excluding hydrogens is 338 g/mol. The first kappa shape index (κ1) is 19.4. The Hall–Kier alpha value is -1.91. The van der Waals surface area contributed by atoms with Crippen LogP contribution in [0.1, 0.15) is 31.4 Å². The van der Waals surface area contributed by atoms with Gasteiger partial charge in [0.15, 0.2) is 11.5 Å². The van der Waals surface area contributed by atoms with Gasteiger partial charge in [-0.25, -0.2) is 0 Å². The molecule has 0 bridgehead atoms. The van der Waals surface area contributed by atoms with Gasteiger partial charge in [0, 0.05) is 24.2 Å². The van der Waals surface area contributed by atoms with Crippen molar-refractivity contribution in [2.24, 2.45) is 0 Å². The van der Waals surface area contributed by atoms with E-state index in [0.717, 1.165) is 30.0 Å². The second kappa shape index (κ2) is 10.2. The summed E-state index contributed by atoms with van der Waals surface area (Å²) in [5.41, 5.74) is 2.17. The second-order valence-corrected chi connectivity index (χ2v) is 6.03. The van der Waals surface area contributed by atoms with Gasteiger partial charge in [0.05, 0.1) is 20.3 Å². The van der Waals surface area contributed by atoms with Crippen molar-refractivity contribution in [1.82, 2.24) is 5.32 Å². The van der Waals surface area contributed by atoms with Crippen LogP contribution in [-0.4, -0.2) is 20.3 Å². The largest absolute Gasteiger partial charge is 0.497 e. The van der Waals surface area contributed by atoms with Gasteiger partial charge in [-0.15, -0.1) is 0 Å². The second-order valence-electron chi connectivity index (χ2n) is 5.62. The van der Waals surface area contributed by atoms with E-state index in [4.69, 9.17) is 25.8 Å². The van der Waals surface area contributed by atoms with Crippen LogP contribution < -0.4 is 19.5 Å². The Morgan fingerprint density at radius 3 is 2.32 bits per heavy atom. The molecule has 0 saturated carbocycles. The molecule has 5 heteroatoms. The fourth-order valence-corrected chi connectivity index (χ4v) is 2.61. The highest BCUT2D eigenvalue weighted by atomic mass is 35.5. The average Bonchev–Trinajstić information content (AvgIpc) is 2.63. The molecule has 0 aliphatic heterocycles. The quantitative estimate of drug-likeness (QED) is 0.656. The summed E-state index contributed by atoms with van der Waals surface area (Å²) in [6.07, 6.45) is 0.939. The van der Waals surface area contributed by atoms with Gasteiger partial charge in [-0.1, -0.05) is 30.7 Å². The van der Waals surface area contributed by atoms with Crippen molar-refractivity contribution in [3.05, 3.63) is 52.5 Å². The minimum atomic E-state index is 0.586. The number of hydrogen-bond acceptors (Lipinski definition) is 4. The number of nitrogens with one attached hydrogen (secondary N) is 1. The number of hydrogen-bond donors (Lipinski definition) is 1. The first-order chi connectivity index (χ1) is 12.2. The van der Waals surface area contributed by atoms with Gasteiger partial charge < -0.3 is 19.5 Å². The van der Waals surface area contributed by atoms with Crippen LogP contribution in [0.15, 0.2) is 36.4 Å². The summed E-state index contributed by atoms with van der Waals surface area (Å²) >= 11 is 6.41. The van der Waals surface area contributed by atoms with Crippen LogP contribution in [0.25, 0.3) is 0 Å². The van der Waals surface area contributed by atoms with Gasteiger partial charge in [-0.3, -0.25) is 0 Å². The van der Waals surface area contributed by atoms with E-state index in [2.05, 4.69) is 12.2 Å². The Bertz CT molecular complexity index is 659. The number of halogens is 1. The van der Waals surface area contributed by atoms with Crippen LogP contribution in [0.4, 0.5) is 0 Å². The molecule has 25 heavy (non-hydrogen) atoms. The summed E-state index contributed by atoms with van der Waals surface area (Å²) in [6.45, 7) is 6.66. The lowest BCUT2D eigenvalue weighted by atomic mass is 10.1. The Balaban J connectivity index is 2.01. The zero-order chi connectivity index (χ0) is 18.1. The maximum absolute atomic E-state index is 6.41. The molecule has 0 aliphatic rings. The van der Waals surface area contributed by atoms with E-state index in [9.17, 15) is 0 Å². The third kappa shape index (κ3) is 5.83. The maximum atomic E-state index is 6.41. The predicted octanol–water partition coefficient (Wildman–Crippen LogP) is 4.83. The highest BCUT2D eigenvalue weighted by molar-refractivity contribution is 6.31. The van der Waals surface area contributed by atoms with Crippen molar-refractivity contribution in [3.63, 3.8) is 0 Å². The fourth-order valence-electron chi connectivity index (χ4n) is 2.39. The van der Waals surface area contributed by atoms with Crippen LogP contribution in [0, 0.1) is 0 Å². The van der Waals surface area contributed by atoms with E-state index < -0.39 is 0 Å². The molecular formula is C20H26ClNO3. The van der Waals surface area contributed by atoms with Crippen molar-refractivity contribution < 1.29 is 14.2 Å². The normalized spacial score (nSPS) is 10.6. The van der Waals surface area contributed by atoms with Crippen molar-refractivity contribution in [1.29, 1.82) is 0 Å². The number of benzene rings is 2. The molecule has 0 spiro atoms. The third-order valence-electron chi connectivity index (χ3n) is 3.68. The highest BCUT2D eigenvalue weighted by Gasteiger charge is 2.11. The van der Waals surface area contributed by atoms with Gasteiger partial charge in [0.2, 0.25) is 0 Å². The lowest BCUT2D eigenvalue weighted by Gasteiger charge is -2.15. The molecule has 0 atom stereocenters. The molecule has 0 aliphatic carbocycles. The van der Waals surface area contributed by atoms with Crippen LogP contribution in [0.2, 0.25) is 5.02 Å². The summed E-state index contributed by atoms with van der Waals surface area (Å²) < 4.78 is 16.6. The topological polar surface area (TPSA) is 39.7 Å². The van der Waals surface area contributed by atoms with Gasteiger partial charge in [0.25, 0.3) is 0 Å². The van der Waals surface area contributed by atoms with Crippen molar-refractivity contribution >= 4 is 11.6 Å². The summed E-state index contributed by atoms with van der Waals surface area (Å²) in [6, 6.07) is 11.8. The zero-order valence-corrected chi connectivity index (χ0v) is 15.9. The van der Waals surface area contributed by atoms with Crippen LogP contribution >= 0.6 is 11.6 Å². The van der Waals surface area contributed by atoms with Crippen LogP contribution in [-0.2, 0) is 13.1 Å². The highest BCUT2D eigenvalue weighted by Crippen LogP contribution is 2.33. The average molecular weight is 364 g/mol. The molecule has 2 aromatic carbocycles. The number of methoxy groups -OCH3 is 1. The zero-order valence-electron chi connectivity index (χ0n) is 15.1. The van der Waals surface area contributed by atoms with E-state index in [-0.39, 0.29) is 0 Å². The Morgan fingerprint density at radius 1 is 0.960 bits per heavy atom. The van der Waals surface area contributed by atoms with Crippen LogP contribution in [0.5, 0.6) is 17.2 Å². The first-order valence-electron chi connectivity index (χ1n) is 8.59. The molecule has 0 radical (unpaired) electrons. The summed E-state index contributed by atoms with van der Waals surface area (Å²) in [5.74, 6) is 2.30. The van der Waals surface area contributed by atoms with Gasteiger partial charge >= 0.3 is 0 Å². The summed E-state index contributed by atoms with van der Waals surface area (Å²) in [4.78, 5) is 0. The Labute approximate surface area is 155 Å². The SMILES string of the molecule is CCCOc1cc(Cl)c(CNCc2ccc(OC)cc2)cc1OCC. The molecule has 0 unspecified atom stereocenters. The number of ether oxygens (including phenoxy) is 3. The molecule has 136 valence electrons. The van der Waals surface area contributed by atoms with Crippen molar-refractivity contribution in [3.8, 4) is 17.2 Å². The predicted molar refractivity (Wildman–Crippen MR) is 102 cm³/mol. The Morgan fingerprint density at radius 2 is 1.68 bits per heavy atom. The van der Waals surface area contributed by atoms with E-state index in [1.165, 1.54) is 5.56 Å². The molecule has 0 amide bonds. The molecule has 2 aromatic rings. The monoisotopic (exact) mass is 363 g/mol. The molecule has 2 rings (SSSR count). The molecule has 4 nitrogen and oxygen atoms in total. The molecule has 0 heterocycles. The third-order valence-corrected chi connectivity index (χ3v) is 4.03. The van der Waals surface area contributed by atoms with Crippen molar-refractivity contribution in [2.75, 3.05) is 20.3 Å². The van der Waals surface area contributed by atoms with Crippen LogP contribution in [0.3, 0.4) is 0 Å². The minimum absolute atomic E-state index is 0.586. The maximum Gasteiger partial charge on any atom is 0.162 e. The molecule has 0 saturated heterocycles. The number of rotatable bonds is 10. The van der Waals surface area contributed by atoms with Gasteiger partial charge in [-0.2, -0.15) is 0 Å². The standard InChI is InChI=1S/C20H26ClNO3/c1-4-10-25-20-12-18(21)16(11-19(20)24-5-2)14-22-13-15-6-8-17(23-3)9-7-15/h6-9,11-12,22H,4-5,10,13-14H2,1-3H3. The van der Waals surface area contributed by atoms with Crippen molar-refractivity contribution in [2.45, 2.75) is 33.4 Å². The fraction of sp³-hybridized carbons (Fsp3) is 0.400. The molecule has 1 N–H and O–H groups in total. The van der Waals surface area contributed by atoms with E-state index in [1.807, 2.05) is 43.3 Å². The lowest BCUT2D eigenvalue weighted by molar-refractivity contribution is 0.276. The summed E-state index contributed by atoms with van der Waals surface area (Å²) in [5, 5.41) is 4.08. The first-order valence-corrected chi connectivity index (χ1v) is 8.97. The summed E-state index contributed by atoms with van der Waals surface area (Å²) in [7, 11) is 1.67. The Kier molecular flexibility index (Phi) is 7.89. The van der Waals surface area contributed by atoms with E-state index >= 15 is 0 Å². The minimum Gasteiger partial charge on any atom is -0.497 e. The molecule has 0 fully saturated rings. The van der Waals surface area contributed by atoms with E-state index in [1.54, 1.807) is 7.11 Å². The molecule has 0 aromatic heterocycles. The van der Waals surface area contributed by atoms with E-state index in [0.29, 0.717) is 30.5 Å². The lowest BCUT2D eigenvalue weighted by Crippen LogP contribution is -2.13. The van der Waals surface area contributed by atoms with Gasteiger partial charge in [0.1, 0.15) is 5.75 Å². The van der Waals surface area contributed by atoms with Gasteiger partial charge in [-0.05, 0) is 42.7 Å². The smallest absolute Gasteiger partial charge is 0.162 e.